The fourth-order valence-electron chi connectivity index (χ4n) is 1.00. The zero-order valence-electron chi connectivity index (χ0n) is 9.87. The molecule has 0 atom stereocenters. The van der Waals surface area contributed by atoms with Crippen molar-refractivity contribution in [2.45, 2.75) is 20.3 Å². The molecule has 0 aromatic heterocycles. The van der Waals surface area contributed by atoms with Gasteiger partial charge in [0.2, 0.25) is 0 Å². The minimum Gasteiger partial charge on any atom is -0.273 e. The van der Waals surface area contributed by atoms with Gasteiger partial charge < -0.3 is 0 Å². The van der Waals surface area contributed by atoms with Gasteiger partial charge in [-0.3, -0.25) is 4.99 Å². The molecule has 1 heteroatoms. The highest BCUT2D eigenvalue weighted by atomic mass is 14.6. The number of allylic oxidation sites excluding steroid dienone is 6. The molecule has 0 fully saturated rings. The van der Waals surface area contributed by atoms with E-state index in [1.165, 1.54) is 11.1 Å². The number of nitrogens with zero attached hydrogens (tertiary/aromatic N) is 1. The maximum atomic E-state index is 3.74. The molecule has 0 radical (unpaired) electrons. The Morgan fingerprint density at radius 2 is 1.93 bits per heavy atom. The first-order valence-corrected chi connectivity index (χ1v) is 4.83. The van der Waals surface area contributed by atoms with Crippen molar-refractivity contribution in [1.82, 2.24) is 0 Å². The minimum atomic E-state index is 0.885. The molecule has 0 N–H and O–H groups in total. The molecule has 0 amide bonds. The summed E-state index contributed by atoms with van der Waals surface area (Å²) in [5.74, 6) is 0. The van der Waals surface area contributed by atoms with Gasteiger partial charge in [-0.15, -0.1) is 13.2 Å². The zero-order valence-corrected chi connectivity index (χ0v) is 9.87. The van der Waals surface area contributed by atoms with Crippen LogP contribution in [0.4, 0.5) is 0 Å². The van der Waals surface area contributed by atoms with E-state index < -0.39 is 0 Å². The van der Waals surface area contributed by atoms with E-state index in [0.29, 0.717) is 0 Å². The molecular formula is C14H21N. The van der Waals surface area contributed by atoms with Gasteiger partial charge in [-0.2, -0.15) is 0 Å². The summed E-state index contributed by atoms with van der Waals surface area (Å²) in [6.07, 6.45) is 10.6. The van der Waals surface area contributed by atoms with E-state index in [4.69, 9.17) is 0 Å². The lowest BCUT2D eigenvalue weighted by Crippen LogP contribution is -1.79. The van der Waals surface area contributed by atoms with Gasteiger partial charge in [0, 0.05) is 6.20 Å². The molecule has 0 aromatic rings. The lowest BCUT2D eigenvalue weighted by molar-refractivity contribution is 1.29. The second-order valence-corrected chi connectivity index (χ2v) is 2.64. The SMILES string of the molecule is C=C.C=CC(=C\C)/C(C)=C/C/C=C/N=C. The third-order valence-electron chi connectivity index (χ3n) is 1.76. The molecule has 0 aliphatic heterocycles. The summed E-state index contributed by atoms with van der Waals surface area (Å²) in [5, 5.41) is 0. The summed E-state index contributed by atoms with van der Waals surface area (Å²) in [6.45, 7) is 17.2. The van der Waals surface area contributed by atoms with Crippen molar-refractivity contribution in [2.24, 2.45) is 4.99 Å². The van der Waals surface area contributed by atoms with E-state index in [0.717, 1.165) is 6.42 Å². The maximum absolute atomic E-state index is 3.74. The standard InChI is InChI=1S/C12H17N.C2H4/c1-5-12(6-2)11(3)9-7-8-10-13-4;1-2/h5-6,8-10H,1,4,7H2,2-3H3;1-2H2/b10-8+,11-9+,12-6+;. The third-order valence-corrected chi connectivity index (χ3v) is 1.76. The largest absolute Gasteiger partial charge is 0.273 e. The lowest BCUT2D eigenvalue weighted by atomic mass is 10.1. The van der Waals surface area contributed by atoms with E-state index in [1.807, 2.05) is 25.2 Å². The summed E-state index contributed by atoms with van der Waals surface area (Å²) in [7, 11) is 0. The van der Waals surface area contributed by atoms with E-state index in [1.54, 1.807) is 6.20 Å². The molecule has 0 unspecified atom stereocenters. The van der Waals surface area contributed by atoms with Crippen molar-refractivity contribution in [3.63, 3.8) is 0 Å². The highest BCUT2D eigenvalue weighted by molar-refractivity contribution is 5.37. The Bertz CT molecular complexity index is 267. The van der Waals surface area contributed by atoms with Crippen molar-refractivity contribution in [3.8, 4) is 0 Å². The first kappa shape index (κ1) is 15.8. The predicted octanol–water partition coefficient (Wildman–Crippen LogP) is 4.47. The second kappa shape index (κ2) is 12.4. The third kappa shape index (κ3) is 8.69. The van der Waals surface area contributed by atoms with Gasteiger partial charge in [-0.05, 0) is 38.1 Å². The van der Waals surface area contributed by atoms with Crippen LogP contribution in [0.3, 0.4) is 0 Å². The van der Waals surface area contributed by atoms with Crippen molar-refractivity contribution in [1.29, 1.82) is 0 Å². The van der Waals surface area contributed by atoms with Crippen LogP contribution >= 0.6 is 0 Å². The molecule has 0 saturated heterocycles. The number of aliphatic imine (C=N–C) groups is 1. The second-order valence-electron chi connectivity index (χ2n) is 2.64. The Morgan fingerprint density at radius 3 is 2.33 bits per heavy atom. The first-order chi connectivity index (χ1) is 7.26. The maximum Gasteiger partial charge on any atom is 0.0223 e. The molecule has 82 valence electrons. The van der Waals surface area contributed by atoms with Crippen LogP contribution in [0.1, 0.15) is 20.3 Å². The van der Waals surface area contributed by atoms with Crippen LogP contribution in [0.15, 0.2) is 66.4 Å². The highest BCUT2D eigenvalue weighted by Gasteiger charge is 1.90. The molecule has 0 aliphatic carbocycles. The normalized spacial score (nSPS) is 11.9. The molecule has 1 nitrogen and oxygen atoms in total. The number of rotatable bonds is 5. The van der Waals surface area contributed by atoms with Gasteiger partial charge in [0.05, 0.1) is 0 Å². The summed E-state index contributed by atoms with van der Waals surface area (Å²) in [4.78, 5) is 3.62. The van der Waals surface area contributed by atoms with Gasteiger partial charge >= 0.3 is 0 Å². The summed E-state index contributed by atoms with van der Waals surface area (Å²) >= 11 is 0. The van der Waals surface area contributed by atoms with E-state index in [-0.39, 0.29) is 0 Å². The average Bonchev–Trinajstić information content (AvgIpc) is 2.29. The number of hydrogen-bond donors (Lipinski definition) is 0. The van der Waals surface area contributed by atoms with Crippen molar-refractivity contribution in [3.05, 3.63) is 61.4 Å². The van der Waals surface area contributed by atoms with E-state index >= 15 is 0 Å². The van der Waals surface area contributed by atoms with E-state index in [9.17, 15) is 0 Å². The highest BCUT2D eigenvalue weighted by Crippen LogP contribution is 2.10. The minimum absolute atomic E-state index is 0.885. The summed E-state index contributed by atoms with van der Waals surface area (Å²) < 4.78 is 0. The Kier molecular flexibility index (Phi) is 13.1. The van der Waals surface area contributed by atoms with E-state index in [2.05, 4.69) is 44.4 Å². The zero-order chi connectivity index (χ0) is 12.1. The van der Waals surface area contributed by atoms with Crippen LogP contribution < -0.4 is 0 Å². The molecule has 0 bridgehead atoms. The first-order valence-electron chi connectivity index (χ1n) is 4.83. The van der Waals surface area contributed by atoms with Crippen molar-refractivity contribution < 1.29 is 0 Å². The monoisotopic (exact) mass is 203 g/mol. The summed E-state index contributed by atoms with van der Waals surface area (Å²) in [5.41, 5.74) is 2.42. The molecule has 0 rings (SSSR count). The van der Waals surface area contributed by atoms with Crippen molar-refractivity contribution in [2.75, 3.05) is 0 Å². The Labute approximate surface area is 93.9 Å². The fraction of sp³-hybridized carbons (Fsp3) is 0.214. The number of hydrogen-bond acceptors (Lipinski definition) is 1. The lowest BCUT2D eigenvalue weighted by Gasteiger charge is -1.99. The van der Waals surface area contributed by atoms with Gasteiger partial charge in [0.1, 0.15) is 0 Å². The van der Waals surface area contributed by atoms with Crippen LogP contribution in [0.25, 0.3) is 0 Å². The fourth-order valence-corrected chi connectivity index (χ4v) is 1.00. The van der Waals surface area contributed by atoms with Crippen LogP contribution in [0.2, 0.25) is 0 Å². The topological polar surface area (TPSA) is 12.4 Å². The van der Waals surface area contributed by atoms with Crippen molar-refractivity contribution >= 4 is 6.72 Å². The average molecular weight is 203 g/mol. The molecule has 0 saturated carbocycles. The molecule has 0 heterocycles. The van der Waals surface area contributed by atoms with Gasteiger partial charge in [0.25, 0.3) is 0 Å². The van der Waals surface area contributed by atoms with Gasteiger partial charge in [-0.25, -0.2) is 0 Å². The summed E-state index contributed by atoms with van der Waals surface area (Å²) in [6, 6.07) is 0. The molecular weight excluding hydrogens is 182 g/mol. The van der Waals surface area contributed by atoms with Gasteiger partial charge in [0.15, 0.2) is 0 Å². The molecule has 0 spiro atoms. The molecule has 0 aliphatic rings. The van der Waals surface area contributed by atoms with Gasteiger partial charge in [-0.1, -0.05) is 30.9 Å². The molecule has 15 heavy (non-hydrogen) atoms. The van der Waals surface area contributed by atoms with Crippen LogP contribution in [0, 0.1) is 0 Å². The Morgan fingerprint density at radius 1 is 1.33 bits per heavy atom. The van der Waals surface area contributed by atoms with Crippen LogP contribution in [-0.4, -0.2) is 6.72 Å². The Hall–Kier alpha value is -1.63. The quantitative estimate of drug-likeness (QED) is 0.355. The Balaban J connectivity index is 0. The van der Waals surface area contributed by atoms with Crippen LogP contribution in [0.5, 0.6) is 0 Å². The molecule has 0 aromatic carbocycles. The predicted molar refractivity (Wildman–Crippen MR) is 72.3 cm³/mol. The van der Waals surface area contributed by atoms with Crippen LogP contribution in [-0.2, 0) is 0 Å². The smallest absolute Gasteiger partial charge is 0.0223 e.